The maximum Gasteiger partial charge on any atom is 0.411 e. The molecule has 43 heavy (non-hydrogen) atoms. The van der Waals surface area contributed by atoms with E-state index in [2.05, 4.69) is 11.4 Å². The van der Waals surface area contributed by atoms with Crippen molar-refractivity contribution in [1.29, 1.82) is 5.26 Å². The Labute approximate surface area is 252 Å². The van der Waals surface area contributed by atoms with Gasteiger partial charge in [0, 0.05) is 31.2 Å². The molecule has 2 aromatic carbocycles. The number of rotatable bonds is 8. The molecule has 1 saturated heterocycles. The van der Waals surface area contributed by atoms with E-state index in [1.54, 1.807) is 37.8 Å². The first kappa shape index (κ1) is 30.5. The minimum atomic E-state index is -0.966. The Kier molecular flexibility index (Phi) is 8.48. The lowest BCUT2D eigenvalue weighted by Crippen LogP contribution is -2.55. The Balaban J connectivity index is 1.26. The van der Waals surface area contributed by atoms with Gasteiger partial charge in [0.1, 0.15) is 23.5 Å². The third-order valence-electron chi connectivity index (χ3n) is 8.52. The zero-order valence-electron chi connectivity index (χ0n) is 25.5. The molecule has 5 rings (SSSR count). The third-order valence-corrected chi connectivity index (χ3v) is 8.52. The number of anilines is 1. The van der Waals surface area contributed by atoms with E-state index in [4.69, 9.17) is 4.74 Å². The molecule has 3 amide bonds. The lowest BCUT2D eigenvalue weighted by Gasteiger charge is -2.35. The van der Waals surface area contributed by atoms with Crippen molar-refractivity contribution in [2.24, 2.45) is 5.92 Å². The molecular weight excluding hydrogens is 549 g/mol. The molecule has 1 aliphatic carbocycles. The molecule has 10 heteroatoms. The maximum atomic E-state index is 15.3. The Hall–Kier alpha value is -3.97. The van der Waals surface area contributed by atoms with Crippen molar-refractivity contribution in [2.75, 3.05) is 32.1 Å². The topological polar surface area (TPSA) is 106 Å². The molecule has 1 saturated carbocycles. The number of hydrogen-bond donors (Lipinski definition) is 1. The van der Waals surface area contributed by atoms with Crippen LogP contribution in [0.15, 0.2) is 36.4 Å². The number of halogens is 1. The molecule has 2 bridgehead atoms. The minimum Gasteiger partial charge on any atom is -0.444 e. The highest BCUT2D eigenvalue weighted by Gasteiger charge is 2.52. The van der Waals surface area contributed by atoms with Crippen LogP contribution in [-0.4, -0.2) is 78.6 Å². The number of nitrogens with zero attached hydrogens (tertiary/aromatic N) is 4. The molecule has 2 aliphatic heterocycles. The molecule has 3 aliphatic rings. The van der Waals surface area contributed by atoms with Crippen LogP contribution in [0.2, 0.25) is 0 Å². The molecule has 1 N–H and O–H groups in total. The van der Waals surface area contributed by atoms with E-state index < -0.39 is 35.5 Å². The van der Waals surface area contributed by atoms with Crippen molar-refractivity contribution in [3.05, 3.63) is 53.3 Å². The summed E-state index contributed by atoms with van der Waals surface area (Å²) in [6.45, 7) is 6.72. The molecule has 2 fully saturated rings. The van der Waals surface area contributed by atoms with Crippen molar-refractivity contribution in [1.82, 2.24) is 15.1 Å². The SMILES string of the molecule is CN(C)CCN1C(=O)Cc2cc(-c3ccc(CC(C#N)NC(=O)C4C5CCC(C5)N4C(=O)OC(C)(C)C)c(F)c3)ccc21. The Morgan fingerprint density at radius 3 is 2.56 bits per heavy atom. The second-order valence-electron chi connectivity index (χ2n) is 13.1. The monoisotopic (exact) mass is 589 g/mol. The van der Waals surface area contributed by atoms with Gasteiger partial charge in [0.25, 0.3) is 0 Å². The number of piperidine rings is 1. The van der Waals surface area contributed by atoms with Gasteiger partial charge in [0.05, 0.1) is 12.5 Å². The van der Waals surface area contributed by atoms with Gasteiger partial charge in [-0.05, 0) is 100 Å². The van der Waals surface area contributed by atoms with Gasteiger partial charge in [-0.1, -0.05) is 18.2 Å². The van der Waals surface area contributed by atoms with E-state index in [1.807, 2.05) is 37.2 Å². The number of carbonyl (C=O) groups excluding carboxylic acids is 3. The summed E-state index contributed by atoms with van der Waals surface area (Å²) in [6.07, 6.45) is 2.17. The molecule has 0 radical (unpaired) electrons. The Bertz CT molecular complexity index is 1460. The first-order valence-corrected chi connectivity index (χ1v) is 14.9. The predicted octanol–water partition coefficient (Wildman–Crippen LogP) is 4.28. The van der Waals surface area contributed by atoms with E-state index in [1.165, 1.54) is 11.0 Å². The second kappa shape index (κ2) is 12.0. The van der Waals surface area contributed by atoms with Crippen molar-refractivity contribution in [3.8, 4) is 17.2 Å². The van der Waals surface area contributed by atoms with Crippen molar-refractivity contribution < 1.29 is 23.5 Å². The average molecular weight is 590 g/mol. The predicted molar refractivity (Wildman–Crippen MR) is 161 cm³/mol. The van der Waals surface area contributed by atoms with Gasteiger partial charge in [-0.2, -0.15) is 5.26 Å². The van der Waals surface area contributed by atoms with Crippen LogP contribution in [-0.2, 0) is 27.2 Å². The number of nitrogens with one attached hydrogen (secondary N) is 1. The summed E-state index contributed by atoms with van der Waals surface area (Å²) in [5.74, 6) is -0.823. The second-order valence-corrected chi connectivity index (χ2v) is 13.1. The van der Waals surface area contributed by atoms with Gasteiger partial charge in [-0.25, -0.2) is 9.18 Å². The minimum absolute atomic E-state index is 0.00978. The lowest BCUT2D eigenvalue weighted by molar-refractivity contribution is -0.128. The van der Waals surface area contributed by atoms with E-state index in [0.29, 0.717) is 24.1 Å². The highest BCUT2D eigenvalue weighted by molar-refractivity contribution is 6.02. The van der Waals surface area contributed by atoms with Crippen LogP contribution in [0.5, 0.6) is 0 Å². The zero-order chi connectivity index (χ0) is 31.1. The van der Waals surface area contributed by atoms with Gasteiger partial charge < -0.3 is 19.9 Å². The summed E-state index contributed by atoms with van der Waals surface area (Å²) in [5, 5.41) is 12.6. The summed E-state index contributed by atoms with van der Waals surface area (Å²) in [5.41, 5.74) is 2.88. The van der Waals surface area contributed by atoms with Gasteiger partial charge in [0.2, 0.25) is 11.8 Å². The van der Waals surface area contributed by atoms with Crippen LogP contribution >= 0.6 is 0 Å². The summed E-state index contributed by atoms with van der Waals surface area (Å²) in [6, 6.07) is 10.9. The number of nitriles is 1. The number of fused-ring (bicyclic) bond motifs is 3. The van der Waals surface area contributed by atoms with Crippen LogP contribution in [0, 0.1) is 23.1 Å². The zero-order valence-corrected chi connectivity index (χ0v) is 25.5. The van der Waals surface area contributed by atoms with Crippen molar-refractivity contribution >= 4 is 23.6 Å². The largest absolute Gasteiger partial charge is 0.444 e. The molecule has 9 nitrogen and oxygen atoms in total. The molecule has 2 heterocycles. The molecule has 0 spiro atoms. The fourth-order valence-electron chi connectivity index (χ4n) is 6.51. The molecule has 2 aromatic rings. The number of likely N-dealkylation sites (tertiary alicyclic amines) is 1. The van der Waals surface area contributed by atoms with Gasteiger partial charge in [-0.3, -0.25) is 14.5 Å². The number of carbonyl (C=O) groups is 3. The molecule has 0 aromatic heterocycles. The fraction of sp³-hybridized carbons (Fsp3) is 0.515. The van der Waals surface area contributed by atoms with Crippen LogP contribution in [0.1, 0.15) is 51.2 Å². The first-order chi connectivity index (χ1) is 20.3. The van der Waals surface area contributed by atoms with E-state index in [0.717, 1.165) is 42.6 Å². The lowest BCUT2D eigenvalue weighted by atomic mass is 9.96. The summed E-state index contributed by atoms with van der Waals surface area (Å²) in [4.78, 5) is 44.3. The Morgan fingerprint density at radius 1 is 1.16 bits per heavy atom. The quantitative estimate of drug-likeness (QED) is 0.493. The molecule has 228 valence electrons. The molecular formula is C33H40FN5O4. The van der Waals surface area contributed by atoms with Crippen LogP contribution in [0.3, 0.4) is 0 Å². The van der Waals surface area contributed by atoms with Gasteiger partial charge >= 0.3 is 6.09 Å². The van der Waals surface area contributed by atoms with Crippen LogP contribution < -0.4 is 10.2 Å². The van der Waals surface area contributed by atoms with Crippen LogP contribution in [0.25, 0.3) is 11.1 Å². The third kappa shape index (κ3) is 6.52. The highest BCUT2D eigenvalue weighted by atomic mass is 19.1. The summed E-state index contributed by atoms with van der Waals surface area (Å²) >= 11 is 0. The van der Waals surface area contributed by atoms with Gasteiger partial charge in [-0.15, -0.1) is 0 Å². The fourth-order valence-corrected chi connectivity index (χ4v) is 6.51. The number of amides is 3. The van der Waals surface area contributed by atoms with E-state index in [-0.39, 0.29) is 24.3 Å². The number of likely N-dealkylation sites (N-methyl/N-ethyl adjacent to an activating group) is 1. The number of hydrogen-bond acceptors (Lipinski definition) is 6. The van der Waals surface area contributed by atoms with E-state index >= 15 is 4.39 Å². The number of benzene rings is 2. The number of ether oxygens (including phenoxy) is 1. The smallest absolute Gasteiger partial charge is 0.411 e. The van der Waals surface area contributed by atoms with Crippen LogP contribution in [0.4, 0.5) is 14.9 Å². The van der Waals surface area contributed by atoms with Crippen molar-refractivity contribution in [3.63, 3.8) is 0 Å². The highest BCUT2D eigenvalue weighted by Crippen LogP contribution is 2.43. The summed E-state index contributed by atoms with van der Waals surface area (Å²) < 4.78 is 20.9. The van der Waals surface area contributed by atoms with E-state index in [9.17, 15) is 19.6 Å². The molecule has 4 atom stereocenters. The summed E-state index contributed by atoms with van der Waals surface area (Å²) in [7, 11) is 3.93. The molecule has 4 unspecified atom stereocenters. The Morgan fingerprint density at radius 2 is 1.88 bits per heavy atom. The normalized spacial score (nSPS) is 21.6. The first-order valence-electron chi connectivity index (χ1n) is 14.9. The van der Waals surface area contributed by atoms with Gasteiger partial charge in [0.15, 0.2) is 0 Å². The maximum absolute atomic E-state index is 15.3. The average Bonchev–Trinajstić information content (AvgIpc) is 3.63. The standard InChI is InChI=1S/C33H40FN5O4/c1-33(2,3)43-32(42)39-26-10-8-23(16-26)30(39)31(41)36-25(19-35)15-22-7-6-21(17-27(22)34)20-9-11-28-24(14-20)18-29(40)38(28)13-12-37(4)5/h6-7,9,11,14,17,23,25-26,30H,8,10,12-13,15-16,18H2,1-5H3,(H,36,41). The van der Waals surface area contributed by atoms with Crippen molar-refractivity contribution in [2.45, 2.75) is 76.6 Å².